The minimum Gasteiger partial charge on any atom is -0.382 e. The molecule has 0 aromatic carbocycles. The van der Waals surface area contributed by atoms with Crippen LogP contribution >= 0.6 is 0 Å². The Morgan fingerprint density at radius 2 is 1.89 bits per heavy atom. The van der Waals surface area contributed by atoms with Crippen LogP contribution in [0.5, 0.6) is 0 Å². The van der Waals surface area contributed by atoms with Gasteiger partial charge in [-0.05, 0) is 36.3 Å². The molecule has 1 spiro atoms. The molecule has 6 rings (SSSR count). The standard InChI is InChI=1S/C23H25F3N10O/c24-23(25,26)21-33-32-16-12-35(8-9-36(16)21)20(37)17-19(28)31-15(11-30-17)34-6-3-22(4-7-34)10-14-13(18(22)27)2-1-5-29-14/h1-2,5,11,18H,3-4,6-10,12,27H2,(H2,28,31). The molecule has 3 aromatic rings. The van der Waals surface area contributed by atoms with Crippen LogP contribution in [0.1, 0.15) is 52.3 Å². The number of piperidine rings is 1. The van der Waals surface area contributed by atoms with Gasteiger partial charge in [0, 0.05) is 44.1 Å². The fourth-order valence-electron chi connectivity index (χ4n) is 5.72. The molecule has 37 heavy (non-hydrogen) atoms. The number of nitrogen functional groups attached to an aromatic ring is 1. The maximum Gasteiger partial charge on any atom is 0.451 e. The molecule has 1 aliphatic carbocycles. The number of halogens is 3. The second-order valence-corrected chi connectivity index (χ2v) is 9.82. The van der Waals surface area contributed by atoms with E-state index < -0.39 is 17.9 Å². The first-order valence-corrected chi connectivity index (χ1v) is 12.0. The number of anilines is 2. The number of pyridine rings is 1. The molecule has 3 aromatic heterocycles. The summed E-state index contributed by atoms with van der Waals surface area (Å²) in [6.45, 7) is 1.27. The third-order valence-corrected chi connectivity index (χ3v) is 7.81. The predicted molar refractivity (Wildman–Crippen MR) is 125 cm³/mol. The SMILES string of the molecule is Nc1nc(N2CCC3(CC2)Cc2ncccc2C3N)cnc1C(=O)N1CCn2c(nnc2C(F)(F)F)C1. The van der Waals surface area contributed by atoms with Crippen LogP contribution in [0.3, 0.4) is 0 Å². The minimum atomic E-state index is -4.61. The average Bonchev–Trinajstić information content (AvgIpc) is 3.43. The van der Waals surface area contributed by atoms with Crippen molar-refractivity contribution in [3.05, 3.63) is 53.1 Å². The molecule has 4 N–H and O–H groups in total. The van der Waals surface area contributed by atoms with E-state index in [1.807, 2.05) is 6.07 Å². The van der Waals surface area contributed by atoms with E-state index in [2.05, 4.69) is 36.1 Å². The van der Waals surface area contributed by atoms with E-state index in [1.54, 1.807) is 6.20 Å². The van der Waals surface area contributed by atoms with Crippen molar-refractivity contribution >= 4 is 17.5 Å². The van der Waals surface area contributed by atoms with Gasteiger partial charge < -0.3 is 25.8 Å². The monoisotopic (exact) mass is 514 g/mol. The van der Waals surface area contributed by atoms with Crippen molar-refractivity contribution in [3.63, 3.8) is 0 Å². The van der Waals surface area contributed by atoms with Crippen LogP contribution in [0.15, 0.2) is 24.5 Å². The van der Waals surface area contributed by atoms with Crippen LogP contribution in [-0.4, -0.2) is 60.2 Å². The van der Waals surface area contributed by atoms with E-state index in [4.69, 9.17) is 11.5 Å². The Kier molecular flexibility index (Phi) is 5.33. The number of rotatable bonds is 2. The van der Waals surface area contributed by atoms with E-state index in [0.29, 0.717) is 18.9 Å². The van der Waals surface area contributed by atoms with Gasteiger partial charge in [0.25, 0.3) is 5.91 Å². The highest BCUT2D eigenvalue weighted by molar-refractivity contribution is 5.96. The van der Waals surface area contributed by atoms with Gasteiger partial charge in [-0.3, -0.25) is 9.78 Å². The van der Waals surface area contributed by atoms with Gasteiger partial charge in [0.15, 0.2) is 17.3 Å². The third kappa shape index (κ3) is 3.86. The van der Waals surface area contributed by atoms with Gasteiger partial charge in [-0.15, -0.1) is 10.2 Å². The summed E-state index contributed by atoms with van der Waals surface area (Å²) in [4.78, 5) is 29.7. The number of aromatic nitrogens is 6. The van der Waals surface area contributed by atoms with Gasteiger partial charge in [-0.1, -0.05) is 6.07 Å². The number of carbonyl (C=O) groups excluding carboxylic acids is 1. The summed E-state index contributed by atoms with van der Waals surface area (Å²) in [6.07, 6.45) is 1.28. The Hall–Kier alpha value is -3.81. The Morgan fingerprint density at radius 3 is 2.59 bits per heavy atom. The molecule has 5 heterocycles. The van der Waals surface area contributed by atoms with Crippen molar-refractivity contribution in [1.82, 2.24) is 34.6 Å². The van der Waals surface area contributed by atoms with E-state index in [-0.39, 0.29) is 48.4 Å². The van der Waals surface area contributed by atoms with Crippen molar-refractivity contribution in [1.29, 1.82) is 0 Å². The van der Waals surface area contributed by atoms with Gasteiger partial charge >= 0.3 is 6.18 Å². The van der Waals surface area contributed by atoms with Crippen LogP contribution in [0.2, 0.25) is 0 Å². The number of hydrogen-bond donors (Lipinski definition) is 2. The summed E-state index contributed by atoms with van der Waals surface area (Å²) in [7, 11) is 0. The molecule has 1 saturated heterocycles. The van der Waals surface area contributed by atoms with Crippen LogP contribution in [0.25, 0.3) is 0 Å². The van der Waals surface area contributed by atoms with Gasteiger partial charge in [-0.25, -0.2) is 9.97 Å². The van der Waals surface area contributed by atoms with Crippen LogP contribution in [0, 0.1) is 5.41 Å². The molecule has 194 valence electrons. The lowest BCUT2D eigenvalue weighted by molar-refractivity contribution is -0.147. The molecule has 1 atom stereocenters. The number of hydrogen-bond acceptors (Lipinski definition) is 9. The van der Waals surface area contributed by atoms with Crippen LogP contribution < -0.4 is 16.4 Å². The molecule has 0 bridgehead atoms. The van der Waals surface area contributed by atoms with Crippen molar-refractivity contribution < 1.29 is 18.0 Å². The number of fused-ring (bicyclic) bond motifs is 2. The lowest BCUT2D eigenvalue weighted by Gasteiger charge is -2.42. The zero-order valence-electron chi connectivity index (χ0n) is 19.8. The molecular formula is C23H25F3N10O. The number of alkyl halides is 3. The fraction of sp³-hybridized carbons (Fsp3) is 0.478. The molecule has 2 aliphatic heterocycles. The van der Waals surface area contributed by atoms with Gasteiger partial charge in [0.05, 0.1) is 12.7 Å². The number of carbonyl (C=O) groups is 1. The normalized spacial score (nSPS) is 20.7. The quantitative estimate of drug-likeness (QED) is 0.520. The summed E-state index contributed by atoms with van der Waals surface area (Å²) in [5.74, 6) is -0.987. The smallest absolute Gasteiger partial charge is 0.382 e. The third-order valence-electron chi connectivity index (χ3n) is 7.81. The van der Waals surface area contributed by atoms with Crippen molar-refractivity contribution in [3.8, 4) is 0 Å². The first-order chi connectivity index (χ1) is 17.7. The van der Waals surface area contributed by atoms with Crippen molar-refractivity contribution in [2.24, 2.45) is 11.1 Å². The van der Waals surface area contributed by atoms with E-state index in [0.717, 1.165) is 35.1 Å². The summed E-state index contributed by atoms with van der Waals surface area (Å²) >= 11 is 0. The maximum absolute atomic E-state index is 13.1. The summed E-state index contributed by atoms with van der Waals surface area (Å²) in [6, 6.07) is 3.91. The molecule has 0 radical (unpaired) electrons. The van der Waals surface area contributed by atoms with Gasteiger partial charge in [-0.2, -0.15) is 13.2 Å². The first-order valence-electron chi connectivity index (χ1n) is 12.0. The second kappa shape index (κ2) is 8.36. The molecule has 14 heteroatoms. The summed E-state index contributed by atoms with van der Waals surface area (Å²) < 4.78 is 40.3. The number of nitrogens with zero attached hydrogens (tertiary/aromatic N) is 8. The lowest BCUT2D eigenvalue weighted by Crippen LogP contribution is -2.44. The number of amides is 1. The highest BCUT2D eigenvalue weighted by atomic mass is 19.4. The lowest BCUT2D eigenvalue weighted by atomic mass is 9.73. The van der Waals surface area contributed by atoms with Crippen molar-refractivity contribution in [2.75, 3.05) is 30.3 Å². The van der Waals surface area contributed by atoms with E-state index in [9.17, 15) is 18.0 Å². The molecule has 3 aliphatic rings. The predicted octanol–water partition coefficient (Wildman–Crippen LogP) is 1.56. The van der Waals surface area contributed by atoms with E-state index in [1.165, 1.54) is 11.1 Å². The largest absolute Gasteiger partial charge is 0.451 e. The topological polar surface area (TPSA) is 145 Å². The van der Waals surface area contributed by atoms with Crippen LogP contribution in [-0.2, 0) is 25.7 Å². The maximum atomic E-state index is 13.1. The first kappa shape index (κ1) is 23.6. The minimum absolute atomic E-state index is 0.0278. The Balaban J connectivity index is 1.13. The van der Waals surface area contributed by atoms with Gasteiger partial charge in [0.2, 0.25) is 5.82 Å². The Labute approximate surface area is 209 Å². The summed E-state index contributed by atoms with van der Waals surface area (Å²) in [5, 5.41) is 6.85. The highest BCUT2D eigenvalue weighted by Gasteiger charge is 2.47. The Morgan fingerprint density at radius 1 is 1.11 bits per heavy atom. The Bertz CT molecular complexity index is 1370. The molecule has 1 fully saturated rings. The molecule has 1 unspecified atom stereocenters. The molecule has 1 amide bonds. The molecule has 11 nitrogen and oxygen atoms in total. The molecule has 0 saturated carbocycles. The molecular weight excluding hydrogens is 489 g/mol. The van der Waals surface area contributed by atoms with Crippen molar-refractivity contribution in [2.45, 2.75) is 44.6 Å². The van der Waals surface area contributed by atoms with Crippen LogP contribution in [0.4, 0.5) is 24.8 Å². The second-order valence-electron chi connectivity index (χ2n) is 9.82. The summed E-state index contributed by atoms with van der Waals surface area (Å²) in [5.41, 5.74) is 14.9. The average molecular weight is 515 g/mol. The highest BCUT2D eigenvalue weighted by Crippen LogP contribution is 2.50. The fourth-order valence-corrected chi connectivity index (χ4v) is 5.72. The van der Waals surface area contributed by atoms with Gasteiger partial charge in [0.1, 0.15) is 5.82 Å². The zero-order valence-corrected chi connectivity index (χ0v) is 19.8. The number of nitrogens with two attached hydrogens (primary N) is 2. The zero-order chi connectivity index (χ0) is 25.9. The van der Waals surface area contributed by atoms with E-state index >= 15 is 0 Å².